The van der Waals surface area contributed by atoms with Crippen molar-refractivity contribution in [3.8, 4) is 0 Å². The fourth-order valence-corrected chi connectivity index (χ4v) is 1.74. The largest absolute Gasteiger partial charge is 0.453 e. The lowest BCUT2D eigenvalue weighted by atomic mass is 10.1. The van der Waals surface area contributed by atoms with E-state index in [2.05, 4.69) is 25.6 Å². The van der Waals surface area contributed by atoms with Crippen LogP contribution in [0.2, 0.25) is 0 Å². The number of halogens is 3. The molecular weight excluding hydrogens is 331 g/mol. The quantitative estimate of drug-likeness (QED) is 0.886. The van der Waals surface area contributed by atoms with E-state index in [4.69, 9.17) is 0 Å². The van der Waals surface area contributed by atoms with Crippen LogP contribution in [0.25, 0.3) is 0 Å². The van der Waals surface area contributed by atoms with Crippen LogP contribution in [0.4, 0.5) is 29.5 Å². The zero-order valence-electron chi connectivity index (χ0n) is 12.3. The van der Waals surface area contributed by atoms with Gasteiger partial charge in [-0.25, -0.2) is 4.79 Å². The van der Waals surface area contributed by atoms with Crippen LogP contribution in [0.15, 0.2) is 30.5 Å². The molecule has 0 bridgehead atoms. The number of alkyl halides is 3. The highest BCUT2D eigenvalue weighted by molar-refractivity contribution is 5.91. The maximum absolute atomic E-state index is 12.9. The van der Waals surface area contributed by atoms with Gasteiger partial charge in [0.15, 0.2) is 5.82 Å². The van der Waals surface area contributed by atoms with Gasteiger partial charge in [0.1, 0.15) is 6.54 Å². The molecule has 0 unspecified atom stereocenters. The van der Waals surface area contributed by atoms with E-state index in [1.165, 1.54) is 12.1 Å². The monoisotopic (exact) mass is 343 g/mol. The van der Waals surface area contributed by atoms with Gasteiger partial charge < -0.3 is 10.1 Å². The summed E-state index contributed by atoms with van der Waals surface area (Å²) in [5.41, 5.74) is -1.32. The molecule has 1 aromatic carbocycles. The number of hydrogen-bond acceptors (Lipinski definition) is 5. The second-order valence-corrected chi connectivity index (χ2v) is 4.47. The molecule has 0 fully saturated rings. The second-order valence-electron chi connectivity index (χ2n) is 4.47. The zero-order chi connectivity index (χ0) is 17.7. The molecule has 0 saturated carbocycles. The average Bonchev–Trinajstić information content (AvgIpc) is 2.93. The first-order valence-electron chi connectivity index (χ1n) is 6.51. The predicted octanol–water partition coefficient (Wildman–Crippen LogP) is 2.11. The van der Waals surface area contributed by atoms with Crippen molar-refractivity contribution in [3.63, 3.8) is 0 Å². The maximum Gasteiger partial charge on any atom is 0.418 e. The maximum atomic E-state index is 12.9. The molecule has 128 valence electrons. The highest BCUT2D eigenvalue weighted by atomic mass is 19.4. The summed E-state index contributed by atoms with van der Waals surface area (Å²) in [5.74, 6) is -0.725. The van der Waals surface area contributed by atoms with E-state index in [1.54, 1.807) is 0 Å². The van der Waals surface area contributed by atoms with Gasteiger partial charge in [0.2, 0.25) is 5.91 Å². The van der Waals surface area contributed by atoms with Gasteiger partial charge in [-0.2, -0.15) is 23.1 Å². The third-order valence-electron chi connectivity index (χ3n) is 2.74. The van der Waals surface area contributed by atoms with E-state index in [9.17, 15) is 22.8 Å². The number of para-hydroxylation sites is 1. The molecule has 0 aliphatic rings. The van der Waals surface area contributed by atoms with E-state index in [0.717, 1.165) is 30.2 Å². The Morgan fingerprint density at radius 3 is 2.62 bits per heavy atom. The Kier molecular flexibility index (Phi) is 5.02. The summed E-state index contributed by atoms with van der Waals surface area (Å²) in [6.45, 7) is -0.435. The first kappa shape index (κ1) is 17.2. The van der Waals surface area contributed by atoms with Crippen molar-refractivity contribution in [3.05, 3.63) is 36.0 Å². The van der Waals surface area contributed by atoms with Crippen LogP contribution in [0.5, 0.6) is 0 Å². The average molecular weight is 343 g/mol. The predicted molar refractivity (Wildman–Crippen MR) is 76.1 cm³/mol. The van der Waals surface area contributed by atoms with Crippen molar-refractivity contribution in [1.82, 2.24) is 15.0 Å². The van der Waals surface area contributed by atoms with Crippen LogP contribution in [0.3, 0.4) is 0 Å². The zero-order valence-corrected chi connectivity index (χ0v) is 12.3. The molecule has 0 spiro atoms. The minimum Gasteiger partial charge on any atom is -0.453 e. The van der Waals surface area contributed by atoms with E-state index >= 15 is 0 Å². The second kappa shape index (κ2) is 6.98. The standard InChI is InChI=1S/C13H12F3N5O3/c1-24-12(23)19-10-6-17-21(20-10)7-11(22)18-9-5-3-2-4-8(9)13(14,15)16/h2-6H,7H2,1H3,(H,18,22)(H,19,20,23). The van der Waals surface area contributed by atoms with Crippen molar-refractivity contribution in [2.24, 2.45) is 0 Å². The Morgan fingerprint density at radius 1 is 1.25 bits per heavy atom. The highest BCUT2D eigenvalue weighted by Gasteiger charge is 2.33. The topological polar surface area (TPSA) is 98.1 Å². The van der Waals surface area contributed by atoms with Crippen LogP contribution in [-0.2, 0) is 22.3 Å². The summed E-state index contributed by atoms with van der Waals surface area (Å²) < 4.78 is 42.9. The molecule has 24 heavy (non-hydrogen) atoms. The van der Waals surface area contributed by atoms with Gasteiger partial charge >= 0.3 is 12.3 Å². The lowest BCUT2D eigenvalue weighted by Gasteiger charge is -2.13. The number of rotatable bonds is 4. The Bertz CT molecular complexity index is 744. The number of hydrogen-bond donors (Lipinski definition) is 2. The minimum absolute atomic E-state index is 0.0327. The smallest absolute Gasteiger partial charge is 0.418 e. The molecule has 1 aromatic heterocycles. The SMILES string of the molecule is COC(=O)Nc1cnn(CC(=O)Nc2ccccc2C(F)(F)F)n1. The molecule has 2 N–H and O–H groups in total. The van der Waals surface area contributed by atoms with Gasteiger partial charge in [-0.15, -0.1) is 5.10 Å². The Labute approximate surface area is 133 Å². The molecular formula is C13H12F3N5O3. The Hall–Kier alpha value is -3.11. The van der Waals surface area contributed by atoms with Crippen LogP contribution < -0.4 is 10.6 Å². The summed E-state index contributed by atoms with van der Waals surface area (Å²) >= 11 is 0. The molecule has 0 saturated heterocycles. The Balaban J connectivity index is 2.03. The van der Waals surface area contributed by atoms with E-state index in [-0.39, 0.29) is 11.5 Å². The highest BCUT2D eigenvalue weighted by Crippen LogP contribution is 2.34. The van der Waals surface area contributed by atoms with Crippen molar-refractivity contribution < 1.29 is 27.5 Å². The lowest BCUT2D eigenvalue weighted by Crippen LogP contribution is -2.22. The number of methoxy groups -OCH3 is 1. The van der Waals surface area contributed by atoms with Gasteiger partial charge in [-0.3, -0.25) is 10.1 Å². The fourth-order valence-electron chi connectivity index (χ4n) is 1.74. The summed E-state index contributed by atoms with van der Waals surface area (Å²) in [4.78, 5) is 23.8. The molecule has 2 aromatic rings. The number of carbonyl (C=O) groups is 2. The number of amides is 2. The number of ether oxygens (including phenoxy) is 1. The molecule has 0 aliphatic heterocycles. The lowest BCUT2D eigenvalue weighted by molar-refractivity contribution is -0.137. The van der Waals surface area contributed by atoms with Gasteiger partial charge in [-0.1, -0.05) is 12.1 Å². The first-order valence-corrected chi connectivity index (χ1v) is 6.51. The molecule has 0 atom stereocenters. The fraction of sp³-hybridized carbons (Fsp3) is 0.231. The third kappa shape index (κ3) is 4.44. The van der Waals surface area contributed by atoms with Crippen molar-refractivity contribution in [2.45, 2.75) is 12.7 Å². The minimum atomic E-state index is -4.59. The van der Waals surface area contributed by atoms with Crippen LogP contribution in [0.1, 0.15) is 5.56 Å². The van der Waals surface area contributed by atoms with Gasteiger partial charge in [0.25, 0.3) is 0 Å². The van der Waals surface area contributed by atoms with Gasteiger partial charge in [0.05, 0.1) is 24.6 Å². The molecule has 0 aliphatic carbocycles. The van der Waals surface area contributed by atoms with Crippen molar-refractivity contribution in [1.29, 1.82) is 0 Å². The molecule has 2 amide bonds. The van der Waals surface area contributed by atoms with E-state index < -0.39 is 30.3 Å². The van der Waals surface area contributed by atoms with Crippen LogP contribution >= 0.6 is 0 Å². The number of carbonyl (C=O) groups excluding carboxylic acids is 2. The number of nitrogens with one attached hydrogen (secondary N) is 2. The number of nitrogens with zero attached hydrogens (tertiary/aromatic N) is 3. The summed E-state index contributed by atoms with van der Waals surface area (Å²) in [6.07, 6.45) is -4.20. The molecule has 8 nitrogen and oxygen atoms in total. The normalized spacial score (nSPS) is 11.0. The molecule has 0 radical (unpaired) electrons. The summed E-state index contributed by atoms with van der Waals surface area (Å²) in [5, 5.41) is 11.9. The van der Waals surface area contributed by atoms with E-state index in [1.807, 2.05) is 0 Å². The molecule has 1 heterocycles. The summed E-state index contributed by atoms with van der Waals surface area (Å²) in [6, 6.07) is 4.59. The number of anilines is 2. The summed E-state index contributed by atoms with van der Waals surface area (Å²) in [7, 11) is 1.16. The van der Waals surface area contributed by atoms with Gasteiger partial charge in [-0.05, 0) is 12.1 Å². The van der Waals surface area contributed by atoms with Gasteiger partial charge in [0, 0.05) is 0 Å². The number of aromatic nitrogens is 3. The molecule has 2 rings (SSSR count). The number of benzene rings is 1. The molecule has 11 heteroatoms. The third-order valence-corrected chi connectivity index (χ3v) is 2.74. The van der Waals surface area contributed by atoms with Crippen LogP contribution in [0, 0.1) is 0 Å². The first-order chi connectivity index (χ1) is 11.3. The van der Waals surface area contributed by atoms with Crippen LogP contribution in [-0.4, -0.2) is 34.1 Å². The van der Waals surface area contributed by atoms with Crippen molar-refractivity contribution in [2.75, 3.05) is 17.7 Å². The van der Waals surface area contributed by atoms with E-state index in [0.29, 0.717) is 0 Å². The Morgan fingerprint density at radius 2 is 1.96 bits per heavy atom. The van der Waals surface area contributed by atoms with Crippen molar-refractivity contribution >= 4 is 23.5 Å².